The quantitative estimate of drug-likeness (QED) is 0.778. The Kier molecular flexibility index (Phi) is 4.90. The predicted octanol–water partition coefficient (Wildman–Crippen LogP) is 0.961. The second-order valence-corrected chi connectivity index (χ2v) is 5.23. The number of amides is 1. The number of rotatable bonds is 6. The van der Waals surface area contributed by atoms with Gasteiger partial charge < -0.3 is 10.2 Å². The maximum atomic E-state index is 11.8. The van der Waals surface area contributed by atoms with Crippen LogP contribution in [0.4, 0.5) is 0 Å². The summed E-state index contributed by atoms with van der Waals surface area (Å²) in [4.78, 5) is 18.0. The zero-order valence-corrected chi connectivity index (χ0v) is 11.8. The summed E-state index contributed by atoms with van der Waals surface area (Å²) < 4.78 is 1.90. The Balaban J connectivity index is 1.68. The second-order valence-electron chi connectivity index (χ2n) is 5.23. The summed E-state index contributed by atoms with van der Waals surface area (Å²) in [5.41, 5.74) is 0. The van der Waals surface area contributed by atoms with Crippen molar-refractivity contribution < 1.29 is 4.79 Å². The number of hydrogen-bond donors (Lipinski definition) is 1. The van der Waals surface area contributed by atoms with Gasteiger partial charge in [0.05, 0.1) is 6.54 Å². The lowest BCUT2D eigenvalue weighted by Crippen LogP contribution is -2.30. The largest absolute Gasteiger partial charge is 0.343 e. The van der Waals surface area contributed by atoms with Crippen molar-refractivity contribution in [1.82, 2.24) is 25.0 Å². The molecule has 2 rings (SSSR count). The van der Waals surface area contributed by atoms with Crippen LogP contribution in [0.15, 0.2) is 6.33 Å². The zero-order chi connectivity index (χ0) is 13.7. The molecule has 6 nitrogen and oxygen atoms in total. The van der Waals surface area contributed by atoms with Crippen molar-refractivity contribution in [3.63, 3.8) is 0 Å². The first-order chi connectivity index (χ1) is 9.18. The molecule has 1 fully saturated rings. The molecule has 1 N–H and O–H groups in total. The Morgan fingerprint density at radius 1 is 1.42 bits per heavy atom. The minimum atomic E-state index is 0.260. The molecule has 19 heavy (non-hydrogen) atoms. The summed E-state index contributed by atoms with van der Waals surface area (Å²) in [6.45, 7) is 7.37. The van der Waals surface area contributed by atoms with E-state index in [-0.39, 0.29) is 5.91 Å². The number of likely N-dealkylation sites (tertiary alicyclic amines) is 1. The topological polar surface area (TPSA) is 63.1 Å². The number of carbonyl (C=O) groups excluding carboxylic acids is 1. The Labute approximate surface area is 114 Å². The molecule has 1 saturated heterocycles. The van der Waals surface area contributed by atoms with E-state index in [0.717, 1.165) is 31.8 Å². The molecule has 2 heterocycles. The van der Waals surface area contributed by atoms with Crippen molar-refractivity contribution in [2.45, 2.75) is 45.7 Å². The molecular weight excluding hydrogens is 242 g/mol. The van der Waals surface area contributed by atoms with E-state index < -0.39 is 0 Å². The Morgan fingerprint density at radius 3 is 2.84 bits per heavy atom. The van der Waals surface area contributed by atoms with E-state index in [0.29, 0.717) is 25.6 Å². The number of hydrogen-bond acceptors (Lipinski definition) is 4. The van der Waals surface area contributed by atoms with E-state index >= 15 is 0 Å². The standard InChI is InChI=1S/C13H23N5O/c1-11(2)18-12(15-10-16-18)9-14-6-5-13(19)17-7-3-4-8-17/h10-11,14H,3-9H2,1-2H3. The molecule has 1 amide bonds. The summed E-state index contributed by atoms with van der Waals surface area (Å²) in [5, 5.41) is 7.45. The second kappa shape index (κ2) is 6.65. The third kappa shape index (κ3) is 3.76. The monoisotopic (exact) mass is 265 g/mol. The summed E-state index contributed by atoms with van der Waals surface area (Å²) in [5.74, 6) is 1.18. The summed E-state index contributed by atoms with van der Waals surface area (Å²) in [7, 11) is 0. The van der Waals surface area contributed by atoms with E-state index in [2.05, 4.69) is 29.2 Å². The minimum absolute atomic E-state index is 0.260. The van der Waals surface area contributed by atoms with Gasteiger partial charge in [-0.25, -0.2) is 9.67 Å². The highest BCUT2D eigenvalue weighted by Crippen LogP contribution is 2.08. The highest BCUT2D eigenvalue weighted by atomic mass is 16.2. The van der Waals surface area contributed by atoms with Gasteiger partial charge in [0.1, 0.15) is 12.2 Å². The number of carbonyl (C=O) groups is 1. The van der Waals surface area contributed by atoms with E-state index in [9.17, 15) is 4.79 Å². The fraction of sp³-hybridized carbons (Fsp3) is 0.769. The summed E-state index contributed by atoms with van der Waals surface area (Å²) in [6.07, 6.45) is 4.44. The normalized spacial score (nSPS) is 15.4. The van der Waals surface area contributed by atoms with Crippen molar-refractivity contribution in [2.75, 3.05) is 19.6 Å². The first-order valence-electron chi connectivity index (χ1n) is 7.05. The van der Waals surface area contributed by atoms with Crippen LogP contribution in [-0.4, -0.2) is 45.2 Å². The van der Waals surface area contributed by atoms with Crippen LogP contribution in [0.1, 0.15) is 45.0 Å². The molecule has 0 radical (unpaired) electrons. The van der Waals surface area contributed by atoms with Gasteiger partial charge in [0.15, 0.2) is 0 Å². The summed E-state index contributed by atoms with van der Waals surface area (Å²) >= 11 is 0. The molecular formula is C13H23N5O. The van der Waals surface area contributed by atoms with Crippen LogP contribution >= 0.6 is 0 Å². The predicted molar refractivity (Wildman–Crippen MR) is 72.5 cm³/mol. The first-order valence-corrected chi connectivity index (χ1v) is 7.05. The third-order valence-corrected chi connectivity index (χ3v) is 3.39. The van der Waals surface area contributed by atoms with Crippen LogP contribution in [0.3, 0.4) is 0 Å². The Hall–Kier alpha value is -1.43. The maximum Gasteiger partial charge on any atom is 0.223 e. The molecule has 0 unspecified atom stereocenters. The molecule has 6 heteroatoms. The Morgan fingerprint density at radius 2 is 2.16 bits per heavy atom. The zero-order valence-electron chi connectivity index (χ0n) is 11.8. The fourth-order valence-corrected chi connectivity index (χ4v) is 2.35. The van der Waals surface area contributed by atoms with Crippen LogP contribution in [0.5, 0.6) is 0 Å². The molecule has 0 aliphatic carbocycles. The molecule has 0 atom stereocenters. The van der Waals surface area contributed by atoms with Gasteiger partial charge in [-0.2, -0.15) is 5.10 Å². The van der Waals surface area contributed by atoms with E-state index in [1.165, 1.54) is 0 Å². The van der Waals surface area contributed by atoms with Gasteiger partial charge in [0, 0.05) is 32.1 Å². The SMILES string of the molecule is CC(C)n1ncnc1CNCCC(=O)N1CCCC1. The van der Waals surface area contributed by atoms with Gasteiger partial charge in [-0.3, -0.25) is 4.79 Å². The van der Waals surface area contributed by atoms with Crippen molar-refractivity contribution in [3.05, 3.63) is 12.2 Å². The fourth-order valence-electron chi connectivity index (χ4n) is 2.35. The number of aromatic nitrogens is 3. The number of nitrogens with zero attached hydrogens (tertiary/aromatic N) is 4. The summed E-state index contributed by atoms with van der Waals surface area (Å²) in [6, 6.07) is 0.311. The van der Waals surface area contributed by atoms with Crippen LogP contribution < -0.4 is 5.32 Å². The molecule has 0 spiro atoms. The van der Waals surface area contributed by atoms with Gasteiger partial charge in [-0.15, -0.1) is 0 Å². The molecule has 1 aliphatic heterocycles. The minimum Gasteiger partial charge on any atom is -0.343 e. The van der Waals surface area contributed by atoms with Crippen LogP contribution in [-0.2, 0) is 11.3 Å². The van der Waals surface area contributed by atoms with Gasteiger partial charge >= 0.3 is 0 Å². The number of nitrogens with one attached hydrogen (secondary N) is 1. The molecule has 0 saturated carbocycles. The molecule has 0 bridgehead atoms. The molecule has 0 aromatic carbocycles. The first kappa shape index (κ1) is 14.0. The van der Waals surface area contributed by atoms with E-state index in [1.54, 1.807) is 6.33 Å². The van der Waals surface area contributed by atoms with Crippen LogP contribution in [0.25, 0.3) is 0 Å². The average molecular weight is 265 g/mol. The van der Waals surface area contributed by atoms with Crippen LogP contribution in [0.2, 0.25) is 0 Å². The van der Waals surface area contributed by atoms with Gasteiger partial charge in [-0.05, 0) is 26.7 Å². The van der Waals surface area contributed by atoms with E-state index in [4.69, 9.17) is 0 Å². The molecule has 106 valence electrons. The highest BCUT2D eigenvalue weighted by molar-refractivity contribution is 5.76. The van der Waals surface area contributed by atoms with Crippen molar-refractivity contribution in [1.29, 1.82) is 0 Å². The lowest BCUT2D eigenvalue weighted by atomic mass is 10.3. The maximum absolute atomic E-state index is 11.8. The highest BCUT2D eigenvalue weighted by Gasteiger charge is 2.17. The lowest BCUT2D eigenvalue weighted by molar-refractivity contribution is -0.130. The third-order valence-electron chi connectivity index (χ3n) is 3.39. The molecule has 1 aromatic heterocycles. The van der Waals surface area contributed by atoms with Crippen molar-refractivity contribution >= 4 is 5.91 Å². The van der Waals surface area contributed by atoms with Gasteiger partial charge in [0.2, 0.25) is 5.91 Å². The van der Waals surface area contributed by atoms with Crippen molar-refractivity contribution in [3.8, 4) is 0 Å². The lowest BCUT2D eigenvalue weighted by Gasteiger charge is -2.15. The molecule has 1 aromatic rings. The average Bonchev–Trinajstić information content (AvgIpc) is 3.04. The van der Waals surface area contributed by atoms with Gasteiger partial charge in [-0.1, -0.05) is 0 Å². The molecule has 1 aliphatic rings. The van der Waals surface area contributed by atoms with Crippen molar-refractivity contribution in [2.24, 2.45) is 0 Å². The van der Waals surface area contributed by atoms with Crippen LogP contribution in [0, 0.1) is 0 Å². The smallest absolute Gasteiger partial charge is 0.223 e. The van der Waals surface area contributed by atoms with Gasteiger partial charge in [0.25, 0.3) is 0 Å². The van der Waals surface area contributed by atoms with E-state index in [1.807, 2.05) is 9.58 Å². The Bertz CT molecular complexity index is 409.